The Morgan fingerprint density at radius 3 is 2.64 bits per heavy atom. The van der Waals surface area contributed by atoms with E-state index in [1.807, 2.05) is 22.8 Å². The van der Waals surface area contributed by atoms with E-state index in [4.69, 9.17) is 4.42 Å². The van der Waals surface area contributed by atoms with E-state index < -0.39 is 0 Å². The molecule has 0 bridgehead atoms. The highest BCUT2D eigenvalue weighted by molar-refractivity contribution is 6.06. The Morgan fingerprint density at radius 2 is 1.68 bits per heavy atom. The van der Waals surface area contributed by atoms with Crippen molar-refractivity contribution in [2.45, 2.75) is 0 Å². The third kappa shape index (κ3) is 2.03. The SMILES string of the molecule is C=[N+]1c2ccc3ccccc3c2C=C[C-]1c1cccc2c1[o+][c-]1ccccc21. The number of rotatable bonds is 1. The molecule has 1 aliphatic heterocycles. The van der Waals surface area contributed by atoms with Crippen LogP contribution < -0.4 is 0 Å². The number of hydrogen-bond donors (Lipinski definition) is 0. The van der Waals surface area contributed by atoms with Crippen LogP contribution in [-0.2, 0) is 0 Å². The molecule has 132 valence electrons. The summed E-state index contributed by atoms with van der Waals surface area (Å²) in [5, 5.41) is 4.75. The minimum absolute atomic E-state index is 0.904. The lowest BCUT2D eigenvalue weighted by Crippen LogP contribution is -2.15. The number of fused-ring (bicyclic) bond motifs is 6. The summed E-state index contributed by atoms with van der Waals surface area (Å²) >= 11 is 0. The van der Waals surface area contributed by atoms with Crippen molar-refractivity contribution in [1.29, 1.82) is 0 Å². The van der Waals surface area contributed by atoms with Crippen LogP contribution in [0.15, 0.2) is 89.4 Å². The first-order valence-electron chi connectivity index (χ1n) is 9.39. The fourth-order valence-corrected chi connectivity index (χ4v) is 4.26. The van der Waals surface area contributed by atoms with E-state index in [1.165, 1.54) is 16.3 Å². The Labute approximate surface area is 162 Å². The summed E-state index contributed by atoms with van der Waals surface area (Å²) < 4.78 is 8.25. The molecule has 0 aliphatic carbocycles. The molecule has 6 rings (SSSR count). The topological polar surface area (TPSA) is 14.3 Å². The van der Waals surface area contributed by atoms with Crippen molar-refractivity contribution in [2.75, 3.05) is 0 Å². The van der Waals surface area contributed by atoms with Crippen LogP contribution in [0.25, 0.3) is 38.8 Å². The Balaban J connectivity index is 1.57. The maximum absolute atomic E-state index is 6.23. The fourth-order valence-electron chi connectivity index (χ4n) is 4.26. The highest BCUT2D eigenvalue weighted by Gasteiger charge is 2.27. The van der Waals surface area contributed by atoms with E-state index in [0.717, 1.165) is 39.2 Å². The largest absolute Gasteiger partial charge is 0.286 e. The van der Waals surface area contributed by atoms with Crippen molar-refractivity contribution in [3.05, 3.63) is 102 Å². The molecule has 0 saturated carbocycles. The van der Waals surface area contributed by atoms with Gasteiger partial charge in [0.1, 0.15) is 0 Å². The average Bonchev–Trinajstić information content (AvgIpc) is 3.13. The first-order valence-corrected chi connectivity index (χ1v) is 9.39. The van der Waals surface area contributed by atoms with Gasteiger partial charge in [-0.25, -0.2) is 4.58 Å². The Morgan fingerprint density at radius 1 is 0.821 bits per heavy atom. The van der Waals surface area contributed by atoms with E-state index in [2.05, 4.69) is 79.5 Å². The van der Waals surface area contributed by atoms with Crippen LogP contribution in [-0.4, -0.2) is 11.3 Å². The lowest BCUT2D eigenvalue weighted by atomic mass is 9.94. The van der Waals surface area contributed by atoms with Crippen LogP contribution in [0.5, 0.6) is 0 Å². The molecule has 4 aromatic carbocycles. The molecule has 2 heteroatoms. The van der Waals surface area contributed by atoms with Crippen LogP contribution in [0.3, 0.4) is 0 Å². The van der Waals surface area contributed by atoms with E-state index in [-0.39, 0.29) is 0 Å². The van der Waals surface area contributed by atoms with Gasteiger partial charge in [-0.05, 0) is 45.3 Å². The molecule has 0 amide bonds. The summed E-state index contributed by atoms with van der Waals surface area (Å²) in [6.45, 7) is 4.37. The van der Waals surface area contributed by atoms with Gasteiger partial charge in [0, 0.05) is 0 Å². The molecule has 2 nitrogen and oxygen atoms in total. The number of hydrogen-bond acceptors (Lipinski definition) is 0. The molecule has 0 N–H and O–H groups in total. The summed E-state index contributed by atoms with van der Waals surface area (Å²) in [5.41, 5.74) is 5.17. The molecule has 0 spiro atoms. The van der Waals surface area contributed by atoms with E-state index >= 15 is 0 Å². The molecule has 2 heterocycles. The lowest BCUT2D eigenvalue weighted by Gasteiger charge is -2.22. The van der Waals surface area contributed by atoms with E-state index in [0.29, 0.717) is 0 Å². The van der Waals surface area contributed by atoms with Crippen molar-refractivity contribution in [3.8, 4) is 0 Å². The van der Waals surface area contributed by atoms with Crippen molar-refractivity contribution in [2.24, 2.45) is 0 Å². The summed E-state index contributed by atoms with van der Waals surface area (Å²) in [6.07, 6.45) is 4.33. The molecule has 0 unspecified atom stereocenters. The predicted molar refractivity (Wildman–Crippen MR) is 116 cm³/mol. The van der Waals surface area contributed by atoms with Gasteiger partial charge >= 0.3 is 0 Å². The van der Waals surface area contributed by atoms with Gasteiger partial charge < -0.3 is 0 Å². The van der Waals surface area contributed by atoms with Gasteiger partial charge in [0.25, 0.3) is 11.2 Å². The number of para-hydroxylation sites is 2. The average molecular weight is 359 g/mol. The number of nitrogens with zero attached hydrogens (tertiary/aromatic N) is 1. The fraction of sp³-hybridized carbons (Fsp3) is 0. The molecule has 0 fully saturated rings. The lowest BCUT2D eigenvalue weighted by molar-refractivity contribution is -0.400. The summed E-state index contributed by atoms with van der Waals surface area (Å²) in [6, 6.07) is 28.3. The number of benzene rings is 4. The van der Waals surface area contributed by atoms with Crippen LogP contribution in [0.4, 0.5) is 5.69 Å². The Bertz CT molecular complexity index is 1440. The van der Waals surface area contributed by atoms with E-state index in [9.17, 15) is 0 Å². The molecular weight excluding hydrogens is 342 g/mol. The maximum Gasteiger partial charge on any atom is 0.278 e. The second-order valence-electron chi connectivity index (χ2n) is 7.15. The zero-order valence-electron chi connectivity index (χ0n) is 15.2. The third-order valence-corrected chi connectivity index (χ3v) is 5.62. The molecule has 0 atom stereocenters. The monoisotopic (exact) mass is 359 g/mol. The van der Waals surface area contributed by atoms with Crippen molar-refractivity contribution in [3.63, 3.8) is 0 Å². The molecular formula is C26H17NO. The van der Waals surface area contributed by atoms with Crippen molar-refractivity contribution in [1.82, 2.24) is 0 Å². The molecule has 1 aromatic heterocycles. The smallest absolute Gasteiger partial charge is 0.278 e. The van der Waals surface area contributed by atoms with Crippen LogP contribution in [0, 0.1) is 6.04 Å². The zero-order valence-corrected chi connectivity index (χ0v) is 15.2. The normalized spacial score (nSPS) is 13.6. The van der Waals surface area contributed by atoms with E-state index in [1.54, 1.807) is 0 Å². The molecule has 0 radical (unpaired) electrons. The molecule has 28 heavy (non-hydrogen) atoms. The van der Waals surface area contributed by atoms with Gasteiger partial charge in [-0.1, -0.05) is 54.6 Å². The van der Waals surface area contributed by atoms with Gasteiger partial charge in [0.2, 0.25) is 0 Å². The Hall–Kier alpha value is -3.78. The van der Waals surface area contributed by atoms with Crippen LogP contribution in [0.1, 0.15) is 11.1 Å². The van der Waals surface area contributed by atoms with Crippen molar-refractivity contribution < 1.29 is 8.99 Å². The van der Waals surface area contributed by atoms with Crippen LogP contribution >= 0.6 is 0 Å². The van der Waals surface area contributed by atoms with Gasteiger partial charge in [-0.3, -0.25) is 4.42 Å². The molecule has 1 aliphatic rings. The zero-order chi connectivity index (χ0) is 18.7. The number of furan rings is 1. The first-order chi connectivity index (χ1) is 13.8. The maximum atomic E-state index is 6.23. The van der Waals surface area contributed by atoms with Gasteiger partial charge in [-0.2, -0.15) is 0 Å². The highest BCUT2D eigenvalue weighted by atomic mass is 16.3. The summed E-state index contributed by atoms with van der Waals surface area (Å²) in [5.74, 6) is 0. The molecule has 0 saturated heterocycles. The Kier molecular flexibility index (Phi) is 3.06. The third-order valence-electron chi connectivity index (χ3n) is 5.62. The first kappa shape index (κ1) is 15.3. The predicted octanol–water partition coefficient (Wildman–Crippen LogP) is 6.69. The van der Waals surface area contributed by atoms with Gasteiger partial charge in [0.15, 0.2) is 11.7 Å². The van der Waals surface area contributed by atoms with Crippen molar-refractivity contribution >= 4 is 51.2 Å². The standard InChI is InChI=1S/C26H17NO/c1-27-23-15-13-17-7-2-3-8-18(17)19(23)14-16-24(27)22-11-6-10-21-20-9-4-5-12-25(20)28-26(21)22/h2-16H,1H2. The minimum atomic E-state index is 0.904. The quantitative estimate of drug-likeness (QED) is 0.185. The highest BCUT2D eigenvalue weighted by Crippen LogP contribution is 2.40. The van der Waals surface area contributed by atoms with Gasteiger partial charge in [0.05, 0.1) is 12.3 Å². The minimum Gasteiger partial charge on any atom is -0.286 e. The second kappa shape index (κ2) is 5.61. The summed E-state index contributed by atoms with van der Waals surface area (Å²) in [7, 11) is 0. The second-order valence-corrected chi connectivity index (χ2v) is 7.15. The molecule has 5 aromatic rings. The summed E-state index contributed by atoms with van der Waals surface area (Å²) in [4.78, 5) is 0. The van der Waals surface area contributed by atoms with Crippen LogP contribution in [0.2, 0.25) is 0 Å². The van der Waals surface area contributed by atoms with Gasteiger partial charge in [-0.15, -0.1) is 18.2 Å².